The average Bonchev–Trinajstić information content (AvgIpc) is 2.07. The molecule has 1 aliphatic carbocycles. The van der Waals surface area contributed by atoms with Gasteiger partial charge in [-0.05, 0) is 39.2 Å². The van der Waals surface area contributed by atoms with Crippen LogP contribution in [0.25, 0.3) is 0 Å². The van der Waals surface area contributed by atoms with Crippen molar-refractivity contribution in [2.45, 2.75) is 64.1 Å². The Balaban J connectivity index is 1.80. The molecule has 0 aromatic heterocycles. The van der Waals surface area contributed by atoms with Crippen LogP contribution in [-0.2, 0) is 0 Å². The van der Waals surface area contributed by atoms with Crippen molar-refractivity contribution in [2.75, 3.05) is 13.1 Å². The van der Waals surface area contributed by atoms with Gasteiger partial charge in [0.25, 0.3) is 0 Å². The van der Waals surface area contributed by atoms with E-state index in [4.69, 9.17) is 0 Å². The molecule has 2 fully saturated rings. The van der Waals surface area contributed by atoms with Crippen LogP contribution in [0.4, 0.5) is 0 Å². The summed E-state index contributed by atoms with van der Waals surface area (Å²) in [6.45, 7) is 7.06. The lowest BCUT2D eigenvalue weighted by molar-refractivity contribution is 0.0485. The fraction of sp³-hybridized carbons (Fsp3) is 1.00. The van der Waals surface area contributed by atoms with Gasteiger partial charge in [-0.1, -0.05) is 13.3 Å². The van der Waals surface area contributed by atoms with Crippen molar-refractivity contribution in [1.82, 2.24) is 10.2 Å². The van der Waals surface area contributed by atoms with Crippen molar-refractivity contribution < 1.29 is 0 Å². The number of hydrogen-bond donors (Lipinski definition) is 1. The third kappa shape index (κ3) is 2.12. The van der Waals surface area contributed by atoms with Gasteiger partial charge in [-0.15, -0.1) is 0 Å². The van der Waals surface area contributed by atoms with Crippen molar-refractivity contribution >= 4 is 0 Å². The molecule has 0 radical (unpaired) electrons. The van der Waals surface area contributed by atoms with Crippen LogP contribution in [0.5, 0.6) is 0 Å². The van der Waals surface area contributed by atoms with Gasteiger partial charge >= 0.3 is 0 Å². The van der Waals surface area contributed by atoms with E-state index in [2.05, 4.69) is 24.1 Å². The van der Waals surface area contributed by atoms with Crippen molar-refractivity contribution in [3.8, 4) is 0 Å². The van der Waals surface area contributed by atoms with Crippen LogP contribution in [0.15, 0.2) is 0 Å². The van der Waals surface area contributed by atoms with E-state index in [0.29, 0.717) is 0 Å². The first-order valence-electron chi connectivity index (χ1n) is 6.30. The molecule has 2 heteroatoms. The number of nitrogens with zero attached hydrogens (tertiary/aromatic N) is 1. The zero-order valence-electron chi connectivity index (χ0n) is 9.63. The van der Waals surface area contributed by atoms with Gasteiger partial charge in [0.1, 0.15) is 0 Å². The van der Waals surface area contributed by atoms with E-state index in [1.807, 2.05) is 0 Å². The van der Waals surface area contributed by atoms with Gasteiger partial charge in [0, 0.05) is 24.7 Å². The van der Waals surface area contributed by atoms with Gasteiger partial charge in [0.15, 0.2) is 0 Å². The molecule has 1 saturated heterocycles. The molecule has 2 atom stereocenters. The summed E-state index contributed by atoms with van der Waals surface area (Å²) >= 11 is 0. The molecule has 2 aliphatic rings. The Kier molecular flexibility index (Phi) is 3.45. The summed E-state index contributed by atoms with van der Waals surface area (Å²) in [6, 6.07) is 2.53. The van der Waals surface area contributed by atoms with Crippen LogP contribution in [0.1, 0.15) is 46.0 Å². The van der Waals surface area contributed by atoms with Gasteiger partial charge in [-0.3, -0.25) is 4.90 Å². The summed E-state index contributed by atoms with van der Waals surface area (Å²) in [5.74, 6) is 0. The molecule has 0 aromatic carbocycles. The minimum absolute atomic E-state index is 0.784. The lowest BCUT2D eigenvalue weighted by Crippen LogP contribution is -2.53. The van der Waals surface area contributed by atoms with Crippen molar-refractivity contribution in [1.29, 1.82) is 0 Å². The first-order valence-corrected chi connectivity index (χ1v) is 6.30. The Labute approximate surface area is 88.1 Å². The molecular formula is C12H24N2. The minimum Gasteiger partial charge on any atom is -0.314 e. The van der Waals surface area contributed by atoms with E-state index in [-0.39, 0.29) is 0 Å². The zero-order valence-corrected chi connectivity index (χ0v) is 9.63. The summed E-state index contributed by atoms with van der Waals surface area (Å²) in [5.41, 5.74) is 0. The van der Waals surface area contributed by atoms with E-state index in [1.54, 1.807) is 0 Å². The Bertz CT molecular complexity index is 177. The van der Waals surface area contributed by atoms with Gasteiger partial charge in [-0.25, -0.2) is 0 Å². The fourth-order valence-electron chi connectivity index (χ4n) is 2.93. The lowest BCUT2D eigenvalue weighted by Gasteiger charge is -2.46. The van der Waals surface area contributed by atoms with Crippen molar-refractivity contribution in [3.05, 3.63) is 0 Å². The van der Waals surface area contributed by atoms with Crippen LogP contribution >= 0.6 is 0 Å². The largest absolute Gasteiger partial charge is 0.314 e. The molecule has 0 aromatic rings. The van der Waals surface area contributed by atoms with Gasteiger partial charge < -0.3 is 5.32 Å². The normalized spacial score (nSPS) is 35.6. The summed E-state index contributed by atoms with van der Waals surface area (Å²) in [5, 5.41) is 3.58. The third-order valence-corrected chi connectivity index (χ3v) is 3.96. The van der Waals surface area contributed by atoms with E-state index in [1.165, 1.54) is 38.6 Å². The Morgan fingerprint density at radius 1 is 1.29 bits per heavy atom. The average molecular weight is 196 g/mol. The maximum atomic E-state index is 3.58. The number of nitrogens with one attached hydrogen (secondary N) is 1. The molecule has 1 aliphatic heterocycles. The maximum absolute atomic E-state index is 3.58. The van der Waals surface area contributed by atoms with E-state index < -0.39 is 0 Å². The second kappa shape index (κ2) is 4.63. The number of likely N-dealkylation sites (tertiary alicyclic amines) is 1. The van der Waals surface area contributed by atoms with E-state index >= 15 is 0 Å². The van der Waals surface area contributed by atoms with Crippen molar-refractivity contribution in [2.24, 2.45) is 0 Å². The van der Waals surface area contributed by atoms with Gasteiger partial charge in [0.2, 0.25) is 0 Å². The molecule has 1 N–H and O–H groups in total. The second-order valence-electron chi connectivity index (χ2n) is 4.95. The standard InChI is InChI=1S/C12H24N2/c1-3-13-11-7-8-14(10(2)9-11)12-5-4-6-12/h10-13H,3-9H2,1-2H3. The predicted octanol–water partition coefficient (Wildman–Crippen LogP) is 2.00. The van der Waals surface area contributed by atoms with Crippen LogP contribution < -0.4 is 5.32 Å². The van der Waals surface area contributed by atoms with Gasteiger partial charge in [-0.2, -0.15) is 0 Å². The highest BCUT2D eigenvalue weighted by atomic mass is 15.2. The molecule has 2 rings (SSSR count). The maximum Gasteiger partial charge on any atom is 0.00981 e. The van der Waals surface area contributed by atoms with Gasteiger partial charge in [0.05, 0.1) is 0 Å². The summed E-state index contributed by atoms with van der Waals surface area (Å²) < 4.78 is 0. The van der Waals surface area contributed by atoms with Crippen LogP contribution in [0, 0.1) is 0 Å². The van der Waals surface area contributed by atoms with Crippen LogP contribution in [-0.4, -0.2) is 36.1 Å². The minimum atomic E-state index is 0.784. The molecule has 14 heavy (non-hydrogen) atoms. The third-order valence-electron chi connectivity index (χ3n) is 3.96. The van der Waals surface area contributed by atoms with E-state index in [9.17, 15) is 0 Å². The van der Waals surface area contributed by atoms with Crippen molar-refractivity contribution in [3.63, 3.8) is 0 Å². The highest BCUT2D eigenvalue weighted by Gasteiger charge is 2.32. The molecule has 1 saturated carbocycles. The predicted molar refractivity (Wildman–Crippen MR) is 60.5 cm³/mol. The van der Waals surface area contributed by atoms with E-state index in [0.717, 1.165) is 24.7 Å². The molecule has 0 amide bonds. The number of rotatable bonds is 3. The zero-order chi connectivity index (χ0) is 9.97. The first-order chi connectivity index (χ1) is 6.81. The quantitative estimate of drug-likeness (QED) is 0.743. The number of piperidine rings is 1. The Hall–Kier alpha value is -0.0800. The summed E-state index contributed by atoms with van der Waals surface area (Å²) in [7, 11) is 0. The number of hydrogen-bond acceptors (Lipinski definition) is 2. The summed E-state index contributed by atoms with van der Waals surface area (Å²) in [4.78, 5) is 2.75. The molecule has 2 unspecified atom stereocenters. The Morgan fingerprint density at radius 2 is 2.07 bits per heavy atom. The second-order valence-corrected chi connectivity index (χ2v) is 4.95. The molecule has 0 bridgehead atoms. The fourth-order valence-corrected chi connectivity index (χ4v) is 2.93. The lowest BCUT2D eigenvalue weighted by atomic mass is 9.87. The van der Waals surface area contributed by atoms with Crippen LogP contribution in [0.2, 0.25) is 0 Å². The molecule has 82 valence electrons. The highest BCUT2D eigenvalue weighted by Crippen LogP contribution is 2.30. The van der Waals surface area contributed by atoms with Crippen LogP contribution in [0.3, 0.4) is 0 Å². The summed E-state index contributed by atoms with van der Waals surface area (Å²) in [6.07, 6.45) is 7.08. The monoisotopic (exact) mass is 196 g/mol. The smallest absolute Gasteiger partial charge is 0.00981 e. The molecular weight excluding hydrogens is 172 g/mol. The topological polar surface area (TPSA) is 15.3 Å². The SMILES string of the molecule is CCNC1CCN(C2CCC2)C(C)C1. The molecule has 1 heterocycles. The Morgan fingerprint density at radius 3 is 2.57 bits per heavy atom. The highest BCUT2D eigenvalue weighted by molar-refractivity contribution is 4.89. The molecule has 0 spiro atoms. The molecule has 2 nitrogen and oxygen atoms in total. The first kappa shape index (κ1) is 10.4.